The minimum atomic E-state index is -0.800. The zero-order valence-electron chi connectivity index (χ0n) is 13.5. The largest absolute Gasteiger partial charge is 0.466 e. The van der Waals surface area contributed by atoms with Crippen molar-refractivity contribution in [1.82, 2.24) is 0 Å². The fourth-order valence-electron chi connectivity index (χ4n) is 2.13. The van der Waals surface area contributed by atoms with Gasteiger partial charge in [0.2, 0.25) is 0 Å². The van der Waals surface area contributed by atoms with Gasteiger partial charge in [-0.15, -0.1) is 0 Å². The number of esters is 2. The third-order valence-corrected chi connectivity index (χ3v) is 3.24. The Morgan fingerprint density at radius 1 is 1.00 bits per heavy atom. The molecule has 2 rings (SSSR count). The van der Waals surface area contributed by atoms with Gasteiger partial charge in [0.15, 0.2) is 0 Å². The van der Waals surface area contributed by atoms with Gasteiger partial charge in [0.05, 0.1) is 20.3 Å². The molecule has 0 aliphatic carbocycles. The van der Waals surface area contributed by atoms with E-state index >= 15 is 0 Å². The molecule has 0 aliphatic rings. The van der Waals surface area contributed by atoms with E-state index in [1.165, 1.54) is 0 Å². The number of nitrogens with one attached hydrogen (secondary N) is 1. The highest BCUT2D eigenvalue weighted by Gasteiger charge is 2.15. The molecule has 0 bridgehead atoms. The van der Waals surface area contributed by atoms with E-state index < -0.39 is 23.6 Å². The summed E-state index contributed by atoms with van der Waals surface area (Å²) in [5.41, 5.74) is 0.871. The number of methoxy groups -OCH3 is 2. The van der Waals surface area contributed by atoms with Gasteiger partial charge in [0, 0.05) is 17.3 Å². The third kappa shape index (κ3) is 4.63. The standard InChI is InChI=1S/C18H15F2NO4/c1-24-17(22)10-16(18(23)25-2)21-15-6-4-3-5-14(15)11-7-12(19)9-13(20)8-11/h3-10,21H,1-2H3/b16-10+. The van der Waals surface area contributed by atoms with E-state index in [9.17, 15) is 18.4 Å². The van der Waals surface area contributed by atoms with E-state index in [2.05, 4.69) is 14.8 Å². The SMILES string of the molecule is COC(=O)/C=C(/Nc1ccccc1-c1cc(F)cc(F)c1)C(=O)OC. The number of anilines is 1. The number of benzene rings is 2. The van der Waals surface area contributed by atoms with Gasteiger partial charge < -0.3 is 14.8 Å². The highest BCUT2D eigenvalue weighted by molar-refractivity contribution is 5.99. The molecular formula is C18H15F2NO4. The van der Waals surface area contributed by atoms with Gasteiger partial charge in [-0.05, 0) is 23.8 Å². The van der Waals surface area contributed by atoms with E-state index in [4.69, 9.17) is 0 Å². The molecule has 2 aromatic rings. The molecule has 0 aromatic heterocycles. The van der Waals surface area contributed by atoms with Gasteiger partial charge >= 0.3 is 11.9 Å². The molecule has 0 saturated carbocycles. The average Bonchev–Trinajstić information content (AvgIpc) is 2.59. The predicted molar refractivity (Wildman–Crippen MR) is 87.5 cm³/mol. The Labute approximate surface area is 142 Å². The summed E-state index contributed by atoms with van der Waals surface area (Å²) in [6, 6.07) is 9.61. The number of para-hydroxylation sites is 1. The van der Waals surface area contributed by atoms with Crippen molar-refractivity contribution in [3.8, 4) is 11.1 Å². The summed E-state index contributed by atoms with van der Waals surface area (Å²) in [6.07, 6.45) is 0.925. The van der Waals surface area contributed by atoms with Gasteiger partial charge in [-0.2, -0.15) is 0 Å². The quantitative estimate of drug-likeness (QED) is 0.664. The Bertz CT molecular complexity index is 813. The van der Waals surface area contributed by atoms with E-state index in [0.29, 0.717) is 11.3 Å². The molecule has 0 unspecified atom stereocenters. The predicted octanol–water partition coefficient (Wildman–Crippen LogP) is 3.27. The lowest BCUT2D eigenvalue weighted by atomic mass is 10.0. The Morgan fingerprint density at radius 3 is 2.24 bits per heavy atom. The summed E-state index contributed by atoms with van der Waals surface area (Å²) in [6.45, 7) is 0. The van der Waals surface area contributed by atoms with Crippen LogP contribution >= 0.6 is 0 Å². The Kier molecular flexibility index (Phi) is 5.84. The number of hydrogen-bond acceptors (Lipinski definition) is 5. The Balaban J connectivity index is 2.47. The second-order valence-electron chi connectivity index (χ2n) is 4.90. The van der Waals surface area contributed by atoms with Crippen molar-refractivity contribution in [1.29, 1.82) is 0 Å². The minimum Gasteiger partial charge on any atom is -0.466 e. The van der Waals surface area contributed by atoms with Crippen LogP contribution in [0.3, 0.4) is 0 Å². The minimum absolute atomic E-state index is 0.182. The van der Waals surface area contributed by atoms with Crippen LogP contribution in [0.1, 0.15) is 0 Å². The van der Waals surface area contributed by atoms with Gasteiger partial charge in [0.25, 0.3) is 0 Å². The van der Waals surface area contributed by atoms with Crippen LogP contribution in [0.25, 0.3) is 11.1 Å². The topological polar surface area (TPSA) is 64.6 Å². The molecule has 0 fully saturated rings. The summed E-state index contributed by atoms with van der Waals surface area (Å²) in [4.78, 5) is 23.3. The van der Waals surface area contributed by atoms with Crippen LogP contribution in [0.15, 0.2) is 54.2 Å². The number of hydrogen-bond donors (Lipinski definition) is 1. The van der Waals surface area contributed by atoms with E-state index in [-0.39, 0.29) is 11.3 Å². The molecular weight excluding hydrogens is 332 g/mol. The van der Waals surface area contributed by atoms with Crippen LogP contribution in [0.2, 0.25) is 0 Å². The van der Waals surface area contributed by atoms with Crippen molar-refractivity contribution < 1.29 is 27.8 Å². The van der Waals surface area contributed by atoms with Crippen molar-refractivity contribution in [3.63, 3.8) is 0 Å². The first kappa shape index (κ1) is 18.1. The normalized spacial score (nSPS) is 11.0. The third-order valence-electron chi connectivity index (χ3n) is 3.24. The van der Waals surface area contributed by atoms with Crippen molar-refractivity contribution >= 4 is 17.6 Å². The summed E-state index contributed by atoms with van der Waals surface area (Å²) >= 11 is 0. The second-order valence-corrected chi connectivity index (χ2v) is 4.90. The van der Waals surface area contributed by atoms with E-state index in [1.807, 2.05) is 0 Å². The maximum Gasteiger partial charge on any atom is 0.354 e. The maximum absolute atomic E-state index is 13.5. The smallest absolute Gasteiger partial charge is 0.354 e. The van der Waals surface area contributed by atoms with Crippen LogP contribution in [0, 0.1) is 11.6 Å². The first-order valence-corrected chi connectivity index (χ1v) is 7.15. The molecule has 0 heterocycles. The van der Waals surface area contributed by atoms with Crippen molar-refractivity contribution in [2.45, 2.75) is 0 Å². The van der Waals surface area contributed by atoms with Crippen LogP contribution in [0.4, 0.5) is 14.5 Å². The molecule has 0 saturated heterocycles. The van der Waals surface area contributed by atoms with Crippen LogP contribution in [0.5, 0.6) is 0 Å². The first-order valence-electron chi connectivity index (χ1n) is 7.15. The highest BCUT2D eigenvalue weighted by atomic mass is 19.1. The van der Waals surface area contributed by atoms with Crippen molar-refractivity contribution in [3.05, 3.63) is 65.9 Å². The summed E-state index contributed by atoms with van der Waals surface area (Å²) < 4.78 is 36.1. The maximum atomic E-state index is 13.5. The van der Waals surface area contributed by atoms with Gasteiger partial charge in [-0.1, -0.05) is 18.2 Å². The molecule has 7 heteroatoms. The zero-order valence-corrected chi connectivity index (χ0v) is 13.5. The molecule has 2 aromatic carbocycles. The number of carbonyl (C=O) groups is 2. The number of rotatable bonds is 5. The Hall–Kier alpha value is -3.22. The average molecular weight is 347 g/mol. The van der Waals surface area contributed by atoms with Crippen LogP contribution in [-0.4, -0.2) is 26.2 Å². The van der Waals surface area contributed by atoms with Crippen molar-refractivity contribution in [2.24, 2.45) is 0 Å². The van der Waals surface area contributed by atoms with Gasteiger partial charge in [0.1, 0.15) is 17.3 Å². The molecule has 25 heavy (non-hydrogen) atoms. The number of halogens is 2. The monoisotopic (exact) mass is 347 g/mol. The lowest BCUT2D eigenvalue weighted by molar-refractivity contribution is -0.138. The van der Waals surface area contributed by atoms with Crippen LogP contribution in [-0.2, 0) is 19.1 Å². The molecule has 0 radical (unpaired) electrons. The lowest BCUT2D eigenvalue weighted by Gasteiger charge is -2.14. The lowest BCUT2D eigenvalue weighted by Crippen LogP contribution is -2.15. The fraction of sp³-hybridized carbons (Fsp3) is 0.111. The first-order chi connectivity index (χ1) is 11.9. The molecule has 1 N–H and O–H groups in total. The highest BCUT2D eigenvalue weighted by Crippen LogP contribution is 2.30. The molecule has 0 aliphatic heterocycles. The van der Waals surface area contributed by atoms with Gasteiger partial charge in [-0.3, -0.25) is 0 Å². The molecule has 0 amide bonds. The van der Waals surface area contributed by atoms with Crippen LogP contribution < -0.4 is 5.32 Å². The van der Waals surface area contributed by atoms with E-state index in [0.717, 1.165) is 38.5 Å². The number of ether oxygens (including phenoxy) is 2. The summed E-state index contributed by atoms with van der Waals surface area (Å²) in [5, 5.41) is 2.74. The molecule has 0 atom stereocenters. The zero-order chi connectivity index (χ0) is 18.4. The fourth-order valence-corrected chi connectivity index (χ4v) is 2.13. The Morgan fingerprint density at radius 2 is 1.64 bits per heavy atom. The summed E-state index contributed by atoms with van der Waals surface area (Å²) in [5.74, 6) is -3.03. The number of carbonyl (C=O) groups excluding carboxylic acids is 2. The summed E-state index contributed by atoms with van der Waals surface area (Å²) in [7, 11) is 2.32. The second kappa shape index (κ2) is 8.05. The van der Waals surface area contributed by atoms with E-state index in [1.54, 1.807) is 24.3 Å². The molecule has 130 valence electrons. The molecule has 5 nitrogen and oxygen atoms in total. The van der Waals surface area contributed by atoms with Crippen molar-refractivity contribution in [2.75, 3.05) is 19.5 Å². The van der Waals surface area contributed by atoms with Gasteiger partial charge in [-0.25, -0.2) is 18.4 Å². The molecule has 0 spiro atoms.